The van der Waals surface area contributed by atoms with E-state index in [2.05, 4.69) is 4.57 Å². The highest BCUT2D eigenvalue weighted by atomic mass is 35.5. The molecule has 6 heteroatoms. The Bertz CT molecular complexity index is 1450. The molecule has 5 nitrogen and oxygen atoms in total. The van der Waals surface area contributed by atoms with Crippen molar-refractivity contribution < 1.29 is 19.4 Å². The Labute approximate surface area is 215 Å². The van der Waals surface area contributed by atoms with Crippen LogP contribution < -0.4 is 0 Å². The van der Waals surface area contributed by atoms with E-state index in [1.54, 1.807) is 0 Å². The predicted octanol–water partition coefficient (Wildman–Crippen LogP) is 6.85. The number of carbonyl (C=O) groups is 2. The first-order valence-electron chi connectivity index (χ1n) is 11.7. The number of carboxylic acid groups (broad SMARTS) is 1. The van der Waals surface area contributed by atoms with Crippen molar-refractivity contribution in [3.05, 3.63) is 111 Å². The second-order valence-electron chi connectivity index (χ2n) is 8.87. The molecule has 0 aliphatic rings. The molecule has 184 valence electrons. The molecule has 0 aliphatic heterocycles. The van der Waals surface area contributed by atoms with E-state index in [0.29, 0.717) is 22.7 Å². The van der Waals surface area contributed by atoms with Gasteiger partial charge in [0.05, 0.1) is 12.2 Å². The van der Waals surface area contributed by atoms with Crippen molar-refractivity contribution in [3.63, 3.8) is 0 Å². The SMILES string of the molecule is Cc1ccc(C(=O)c2c(C)n(C/C=C/c3cccc(CO[C@H](C)C(=O)O)c3)c3ccc(Cl)cc23)cc1. The van der Waals surface area contributed by atoms with Gasteiger partial charge in [0.1, 0.15) is 0 Å². The van der Waals surface area contributed by atoms with Crippen LogP contribution in [0.5, 0.6) is 0 Å². The van der Waals surface area contributed by atoms with Crippen LogP contribution in [-0.4, -0.2) is 27.5 Å². The molecule has 0 aliphatic carbocycles. The lowest BCUT2D eigenvalue weighted by Crippen LogP contribution is -2.19. The fourth-order valence-corrected chi connectivity index (χ4v) is 4.37. The van der Waals surface area contributed by atoms with E-state index in [9.17, 15) is 9.59 Å². The van der Waals surface area contributed by atoms with E-state index in [4.69, 9.17) is 21.4 Å². The lowest BCUT2D eigenvalue weighted by molar-refractivity contribution is -0.149. The van der Waals surface area contributed by atoms with Gasteiger partial charge >= 0.3 is 5.97 Å². The molecule has 1 heterocycles. The van der Waals surface area contributed by atoms with Crippen molar-refractivity contribution in [2.75, 3.05) is 0 Å². The summed E-state index contributed by atoms with van der Waals surface area (Å²) < 4.78 is 7.51. The van der Waals surface area contributed by atoms with Gasteiger partial charge in [0.2, 0.25) is 0 Å². The van der Waals surface area contributed by atoms with Gasteiger partial charge in [-0.2, -0.15) is 0 Å². The van der Waals surface area contributed by atoms with E-state index in [1.807, 2.05) is 92.7 Å². The summed E-state index contributed by atoms with van der Waals surface area (Å²) in [6.07, 6.45) is 3.19. The Morgan fingerprint density at radius 3 is 2.53 bits per heavy atom. The zero-order valence-corrected chi connectivity index (χ0v) is 21.3. The van der Waals surface area contributed by atoms with Crippen LogP contribution in [0.3, 0.4) is 0 Å². The van der Waals surface area contributed by atoms with Gasteiger partial charge in [0, 0.05) is 33.7 Å². The molecule has 0 saturated carbocycles. The van der Waals surface area contributed by atoms with Gasteiger partial charge in [-0.3, -0.25) is 4.79 Å². The van der Waals surface area contributed by atoms with E-state index in [1.165, 1.54) is 6.92 Å². The van der Waals surface area contributed by atoms with Gasteiger partial charge in [0.15, 0.2) is 11.9 Å². The summed E-state index contributed by atoms with van der Waals surface area (Å²) in [6.45, 7) is 6.27. The van der Waals surface area contributed by atoms with Crippen LogP contribution >= 0.6 is 11.6 Å². The third kappa shape index (κ3) is 5.59. The summed E-state index contributed by atoms with van der Waals surface area (Å²) in [5.41, 5.74) is 6.12. The number of ketones is 1. The van der Waals surface area contributed by atoms with Crippen LogP contribution in [-0.2, 0) is 22.7 Å². The Balaban J connectivity index is 1.60. The second-order valence-corrected chi connectivity index (χ2v) is 9.30. The van der Waals surface area contributed by atoms with Gasteiger partial charge in [0.25, 0.3) is 0 Å². The highest BCUT2D eigenvalue weighted by Gasteiger charge is 2.21. The molecular formula is C30H28ClNO4. The number of aryl methyl sites for hydroxylation is 1. The standard InChI is InChI=1S/C30H28ClNO4/c1-19-9-11-24(12-10-19)29(33)28-20(2)32(27-14-13-25(31)17-26(27)28)15-5-8-22-6-4-7-23(16-22)18-36-21(3)30(34)35/h4-14,16-17,21H,15,18H2,1-3H3,(H,34,35)/b8-5+/t21-/m1/s1. The van der Waals surface area contributed by atoms with Crippen LogP contribution in [0.15, 0.2) is 72.8 Å². The minimum Gasteiger partial charge on any atom is -0.479 e. The fraction of sp³-hybridized carbons (Fsp3) is 0.200. The van der Waals surface area contributed by atoms with Crippen molar-refractivity contribution in [1.82, 2.24) is 4.57 Å². The normalized spacial score (nSPS) is 12.3. The molecule has 36 heavy (non-hydrogen) atoms. The number of halogens is 1. The molecule has 4 rings (SSSR count). The number of hydrogen-bond acceptors (Lipinski definition) is 3. The number of carboxylic acids is 1. The number of aromatic nitrogens is 1. The highest BCUT2D eigenvalue weighted by Crippen LogP contribution is 2.30. The molecule has 0 unspecified atom stereocenters. The zero-order chi connectivity index (χ0) is 25.8. The second kappa shape index (κ2) is 10.9. The number of aliphatic carboxylic acids is 1. The maximum Gasteiger partial charge on any atom is 0.332 e. The molecule has 0 saturated heterocycles. The largest absolute Gasteiger partial charge is 0.479 e. The monoisotopic (exact) mass is 501 g/mol. The molecule has 1 N–H and O–H groups in total. The Morgan fingerprint density at radius 2 is 1.81 bits per heavy atom. The molecule has 3 aromatic carbocycles. The molecule has 1 aromatic heterocycles. The van der Waals surface area contributed by atoms with Crippen molar-refractivity contribution in [1.29, 1.82) is 0 Å². The number of allylic oxidation sites excluding steroid dienone is 1. The number of carbonyl (C=O) groups excluding carboxylic acids is 1. The smallest absolute Gasteiger partial charge is 0.332 e. The Morgan fingerprint density at radius 1 is 1.06 bits per heavy atom. The first kappa shape index (κ1) is 25.4. The van der Waals surface area contributed by atoms with Crippen LogP contribution in [0.2, 0.25) is 5.02 Å². The quantitative estimate of drug-likeness (QED) is 0.255. The maximum absolute atomic E-state index is 13.5. The highest BCUT2D eigenvalue weighted by molar-refractivity contribution is 6.31. The number of nitrogens with zero attached hydrogens (tertiary/aromatic N) is 1. The van der Waals surface area contributed by atoms with Gasteiger partial charge in [-0.1, -0.05) is 71.8 Å². The van der Waals surface area contributed by atoms with Crippen molar-refractivity contribution in [2.45, 2.75) is 40.0 Å². The average molecular weight is 502 g/mol. The summed E-state index contributed by atoms with van der Waals surface area (Å²) in [5.74, 6) is -1.01. The molecule has 0 bridgehead atoms. The van der Waals surface area contributed by atoms with Crippen molar-refractivity contribution in [3.8, 4) is 0 Å². The molecule has 1 atom stereocenters. The summed E-state index contributed by atoms with van der Waals surface area (Å²) in [4.78, 5) is 24.5. The average Bonchev–Trinajstić information content (AvgIpc) is 3.13. The number of rotatable bonds is 9. The van der Waals surface area contributed by atoms with Crippen LogP contribution in [0, 0.1) is 13.8 Å². The Kier molecular flexibility index (Phi) is 7.73. The number of hydrogen-bond donors (Lipinski definition) is 1. The van der Waals surface area contributed by atoms with E-state index in [0.717, 1.165) is 33.3 Å². The number of ether oxygens (including phenoxy) is 1. The molecule has 0 amide bonds. The van der Waals surface area contributed by atoms with Crippen LogP contribution in [0.1, 0.15) is 45.2 Å². The first-order valence-corrected chi connectivity index (χ1v) is 12.1. The van der Waals surface area contributed by atoms with Gasteiger partial charge < -0.3 is 14.4 Å². The number of fused-ring (bicyclic) bond motifs is 1. The summed E-state index contributed by atoms with van der Waals surface area (Å²) in [5, 5.41) is 10.4. The van der Waals surface area contributed by atoms with E-state index < -0.39 is 12.1 Å². The zero-order valence-electron chi connectivity index (χ0n) is 20.5. The lowest BCUT2D eigenvalue weighted by Gasteiger charge is -2.09. The van der Waals surface area contributed by atoms with Gasteiger partial charge in [-0.25, -0.2) is 4.79 Å². The summed E-state index contributed by atoms with van der Waals surface area (Å²) in [6, 6.07) is 21.0. The topological polar surface area (TPSA) is 68.5 Å². The third-order valence-corrected chi connectivity index (χ3v) is 6.46. The molecule has 0 fully saturated rings. The third-order valence-electron chi connectivity index (χ3n) is 6.22. The van der Waals surface area contributed by atoms with Crippen molar-refractivity contribution >= 4 is 40.3 Å². The minimum absolute atomic E-state index is 0.0224. The first-order chi connectivity index (χ1) is 17.2. The van der Waals surface area contributed by atoms with Gasteiger partial charge in [-0.15, -0.1) is 0 Å². The van der Waals surface area contributed by atoms with Crippen molar-refractivity contribution in [2.24, 2.45) is 0 Å². The van der Waals surface area contributed by atoms with Crippen LogP contribution in [0.4, 0.5) is 0 Å². The molecule has 0 spiro atoms. The maximum atomic E-state index is 13.5. The predicted molar refractivity (Wildman–Crippen MR) is 144 cm³/mol. The summed E-state index contributed by atoms with van der Waals surface area (Å²) in [7, 11) is 0. The minimum atomic E-state index is -0.984. The number of benzene rings is 3. The fourth-order valence-electron chi connectivity index (χ4n) is 4.20. The summed E-state index contributed by atoms with van der Waals surface area (Å²) >= 11 is 6.31. The molecule has 0 radical (unpaired) electrons. The molecule has 4 aromatic rings. The van der Waals surface area contributed by atoms with Crippen LogP contribution in [0.25, 0.3) is 17.0 Å². The lowest BCUT2D eigenvalue weighted by atomic mass is 10.00. The molecular weight excluding hydrogens is 474 g/mol. The van der Waals surface area contributed by atoms with E-state index in [-0.39, 0.29) is 12.4 Å². The Hall–Kier alpha value is -3.67. The van der Waals surface area contributed by atoms with Gasteiger partial charge in [-0.05, 0) is 56.2 Å². The van der Waals surface area contributed by atoms with E-state index >= 15 is 0 Å².